The standard InChI is InChI=1S/C11H11NO4/c13-10(14)7-3-1-2-4-8(7)12-9-5-6-16-11(9)15/h1-4,9,12H,5-6H2,(H,13,14)/t9-/m0/s1. The van der Waals surface area contributed by atoms with Gasteiger partial charge in [-0.25, -0.2) is 9.59 Å². The number of carbonyl (C=O) groups excluding carboxylic acids is 1. The van der Waals surface area contributed by atoms with Gasteiger partial charge in [0, 0.05) is 12.1 Å². The number of nitrogens with one attached hydrogen (secondary N) is 1. The number of ether oxygens (including phenoxy) is 1. The highest BCUT2D eigenvalue weighted by atomic mass is 16.5. The van der Waals surface area contributed by atoms with Gasteiger partial charge in [0.1, 0.15) is 6.04 Å². The Labute approximate surface area is 92.0 Å². The molecule has 1 fully saturated rings. The van der Waals surface area contributed by atoms with E-state index in [2.05, 4.69) is 5.32 Å². The van der Waals surface area contributed by atoms with Crippen molar-refractivity contribution in [3.05, 3.63) is 29.8 Å². The van der Waals surface area contributed by atoms with Gasteiger partial charge in [0.05, 0.1) is 12.2 Å². The molecule has 1 aliphatic heterocycles. The van der Waals surface area contributed by atoms with Crippen LogP contribution in [-0.2, 0) is 9.53 Å². The van der Waals surface area contributed by atoms with E-state index in [1.54, 1.807) is 18.2 Å². The summed E-state index contributed by atoms with van der Waals surface area (Å²) in [6.45, 7) is 0.381. The minimum absolute atomic E-state index is 0.155. The zero-order valence-corrected chi connectivity index (χ0v) is 8.47. The maximum Gasteiger partial charge on any atom is 0.337 e. The second-order valence-electron chi connectivity index (χ2n) is 3.50. The smallest absolute Gasteiger partial charge is 0.337 e. The van der Waals surface area contributed by atoms with Gasteiger partial charge < -0.3 is 15.2 Å². The highest BCUT2D eigenvalue weighted by Crippen LogP contribution is 2.19. The first-order chi connectivity index (χ1) is 7.68. The van der Waals surface area contributed by atoms with Gasteiger partial charge in [0.15, 0.2) is 0 Å². The third-order valence-corrected chi connectivity index (χ3v) is 2.42. The first-order valence-corrected chi connectivity index (χ1v) is 4.94. The zero-order valence-electron chi connectivity index (χ0n) is 8.47. The molecule has 1 aromatic carbocycles. The fourth-order valence-corrected chi connectivity index (χ4v) is 1.61. The number of carbonyl (C=O) groups is 2. The Hall–Kier alpha value is -2.04. The van der Waals surface area contributed by atoms with Crippen molar-refractivity contribution in [2.75, 3.05) is 11.9 Å². The Balaban J connectivity index is 2.20. The van der Waals surface area contributed by atoms with Crippen molar-refractivity contribution in [1.29, 1.82) is 0 Å². The lowest BCUT2D eigenvalue weighted by atomic mass is 10.1. The number of aromatic carboxylic acids is 1. The van der Waals surface area contributed by atoms with Crippen LogP contribution in [0, 0.1) is 0 Å². The molecule has 84 valence electrons. The van der Waals surface area contributed by atoms with Gasteiger partial charge in [0.25, 0.3) is 0 Å². The zero-order chi connectivity index (χ0) is 11.5. The van der Waals surface area contributed by atoms with Gasteiger partial charge in [-0.15, -0.1) is 0 Å². The molecule has 1 aromatic rings. The molecule has 0 radical (unpaired) electrons. The summed E-state index contributed by atoms with van der Waals surface area (Å²) < 4.78 is 4.79. The summed E-state index contributed by atoms with van der Waals surface area (Å²) in [6, 6.07) is 6.04. The number of rotatable bonds is 3. The maximum absolute atomic E-state index is 11.2. The Bertz CT molecular complexity index is 430. The molecule has 0 amide bonds. The molecular formula is C11H11NO4. The SMILES string of the molecule is O=C(O)c1ccccc1N[C@H]1CCOC1=O. The molecule has 1 saturated heterocycles. The minimum atomic E-state index is -1.02. The van der Waals surface area contributed by atoms with Crippen molar-refractivity contribution in [1.82, 2.24) is 0 Å². The van der Waals surface area contributed by atoms with Crippen LogP contribution in [0.5, 0.6) is 0 Å². The highest BCUT2D eigenvalue weighted by molar-refractivity contribution is 5.95. The van der Waals surface area contributed by atoms with Gasteiger partial charge in [-0.05, 0) is 12.1 Å². The summed E-state index contributed by atoms with van der Waals surface area (Å²) in [7, 11) is 0. The topological polar surface area (TPSA) is 75.6 Å². The number of benzene rings is 1. The third-order valence-electron chi connectivity index (χ3n) is 2.42. The monoisotopic (exact) mass is 221 g/mol. The Morgan fingerprint density at radius 1 is 1.44 bits per heavy atom. The lowest BCUT2D eigenvalue weighted by Gasteiger charge is -2.12. The Morgan fingerprint density at radius 3 is 2.81 bits per heavy atom. The second-order valence-corrected chi connectivity index (χ2v) is 3.50. The van der Waals surface area contributed by atoms with Gasteiger partial charge in [-0.2, -0.15) is 0 Å². The summed E-state index contributed by atoms with van der Waals surface area (Å²) >= 11 is 0. The van der Waals surface area contributed by atoms with E-state index in [1.165, 1.54) is 6.07 Å². The van der Waals surface area contributed by atoms with Crippen LogP contribution < -0.4 is 5.32 Å². The van der Waals surface area contributed by atoms with Crippen LogP contribution in [-0.4, -0.2) is 29.7 Å². The van der Waals surface area contributed by atoms with Crippen LogP contribution in [0.25, 0.3) is 0 Å². The van der Waals surface area contributed by atoms with Crippen LogP contribution in [0.3, 0.4) is 0 Å². The first kappa shape index (κ1) is 10.5. The Morgan fingerprint density at radius 2 is 2.19 bits per heavy atom. The van der Waals surface area contributed by atoms with E-state index < -0.39 is 12.0 Å². The molecule has 16 heavy (non-hydrogen) atoms. The molecule has 0 saturated carbocycles. The number of hydrogen-bond donors (Lipinski definition) is 2. The lowest BCUT2D eigenvalue weighted by Crippen LogP contribution is -2.25. The van der Waals surface area contributed by atoms with Crippen molar-refractivity contribution in [3.8, 4) is 0 Å². The maximum atomic E-state index is 11.2. The van der Waals surface area contributed by atoms with Crippen LogP contribution in [0.4, 0.5) is 5.69 Å². The molecule has 1 atom stereocenters. The molecule has 5 heteroatoms. The van der Waals surface area contributed by atoms with Crippen molar-refractivity contribution in [2.45, 2.75) is 12.5 Å². The van der Waals surface area contributed by atoms with E-state index in [9.17, 15) is 9.59 Å². The second kappa shape index (κ2) is 4.22. The van der Waals surface area contributed by atoms with Crippen LogP contribution in [0.1, 0.15) is 16.8 Å². The van der Waals surface area contributed by atoms with Gasteiger partial charge >= 0.3 is 11.9 Å². The van der Waals surface area contributed by atoms with E-state index in [4.69, 9.17) is 9.84 Å². The summed E-state index contributed by atoms with van der Waals surface area (Å²) in [5.74, 6) is -1.35. The summed E-state index contributed by atoms with van der Waals surface area (Å²) in [5.41, 5.74) is 0.598. The van der Waals surface area contributed by atoms with Crippen molar-refractivity contribution in [3.63, 3.8) is 0 Å². The van der Waals surface area contributed by atoms with E-state index in [0.29, 0.717) is 18.7 Å². The molecule has 1 heterocycles. The molecular weight excluding hydrogens is 210 g/mol. The van der Waals surface area contributed by atoms with Crippen molar-refractivity contribution >= 4 is 17.6 Å². The number of para-hydroxylation sites is 1. The van der Waals surface area contributed by atoms with Gasteiger partial charge in [0.2, 0.25) is 0 Å². The normalized spacial score (nSPS) is 19.2. The fraction of sp³-hybridized carbons (Fsp3) is 0.273. The fourth-order valence-electron chi connectivity index (χ4n) is 1.61. The van der Waals surface area contributed by atoms with E-state index in [1.807, 2.05) is 0 Å². The van der Waals surface area contributed by atoms with Crippen LogP contribution >= 0.6 is 0 Å². The number of esters is 1. The predicted octanol–water partition coefficient (Wildman–Crippen LogP) is 1.11. The van der Waals surface area contributed by atoms with E-state index in [0.717, 1.165) is 0 Å². The van der Waals surface area contributed by atoms with Crippen molar-refractivity contribution in [2.24, 2.45) is 0 Å². The van der Waals surface area contributed by atoms with Crippen LogP contribution in [0.2, 0.25) is 0 Å². The highest BCUT2D eigenvalue weighted by Gasteiger charge is 2.27. The third kappa shape index (κ3) is 1.98. The van der Waals surface area contributed by atoms with E-state index >= 15 is 0 Å². The Kier molecular flexibility index (Phi) is 2.76. The molecule has 5 nitrogen and oxygen atoms in total. The molecule has 0 aliphatic carbocycles. The summed E-state index contributed by atoms with van der Waals surface area (Å²) in [6.07, 6.45) is 0.562. The first-order valence-electron chi connectivity index (χ1n) is 4.94. The largest absolute Gasteiger partial charge is 0.478 e. The van der Waals surface area contributed by atoms with Crippen LogP contribution in [0.15, 0.2) is 24.3 Å². The summed E-state index contributed by atoms with van der Waals surface area (Å²) in [5, 5.41) is 11.8. The number of carboxylic acids is 1. The number of carboxylic acid groups (broad SMARTS) is 1. The summed E-state index contributed by atoms with van der Waals surface area (Å²) in [4.78, 5) is 22.1. The van der Waals surface area contributed by atoms with Gasteiger partial charge in [-0.1, -0.05) is 12.1 Å². The number of hydrogen-bond acceptors (Lipinski definition) is 4. The number of anilines is 1. The average molecular weight is 221 g/mol. The molecule has 0 bridgehead atoms. The molecule has 1 aliphatic rings. The van der Waals surface area contributed by atoms with Crippen molar-refractivity contribution < 1.29 is 19.4 Å². The number of cyclic esters (lactones) is 1. The quantitative estimate of drug-likeness (QED) is 0.748. The molecule has 2 rings (SSSR count). The molecule has 2 N–H and O–H groups in total. The average Bonchev–Trinajstić information content (AvgIpc) is 2.65. The molecule has 0 unspecified atom stereocenters. The minimum Gasteiger partial charge on any atom is -0.478 e. The molecule has 0 spiro atoms. The van der Waals surface area contributed by atoms with Gasteiger partial charge in [-0.3, -0.25) is 0 Å². The molecule has 0 aromatic heterocycles. The van der Waals surface area contributed by atoms with E-state index in [-0.39, 0.29) is 11.5 Å². The lowest BCUT2D eigenvalue weighted by molar-refractivity contribution is -0.138. The predicted molar refractivity (Wildman–Crippen MR) is 56.4 cm³/mol.